The van der Waals surface area contributed by atoms with E-state index in [-0.39, 0.29) is 24.2 Å². The van der Waals surface area contributed by atoms with Gasteiger partial charge in [-0.25, -0.2) is 4.39 Å². The summed E-state index contributed by atoms with van der Waals surface area (Å²) < 4.78 is 16.8. The number of aromatic nitrogens is 1. The first kappa shape index (κ1) is 22.1. The molecule has 0 saturated heterocycles. The Kier molecular flexibility index (Phi) is 6.61. The fourth-order valence-electron chi connectivity index (χ4n) is 4.23. The summed E-state index contributed by atoms with van der Waals surface area (Å²) in [6, 6.07) is 16.5. The van der Waals surface area contributed by atoms with Crippen molar-refractivity contribution >= 4 is 23.4 Å². The molecular formula is C25H25ClFN3O2. The fourth-order valence-corrected chi connectivity index (χ4v) is 4.35. The molecule has 1 aliphatic heterocycles. The van der Waals surface area contributed by atoms with Crippen LogP contribution in [-0.4, -0.2) is 45.8 Å². The van der Waals surface area contributed by atoms with Gasteiger partial charge in [0.05, 0.1) is 0 Å². The predicted octanol–water partition coefficient (Wildman–Crippen LogP) is 4.76. The average molecular weight is 454 g/mol. The van der Waals surface area contributed by atoms with E-state index in [1.54, 1.807) is 52.3 Å². The lowest BCUT2D eigenvalue weighted by Crippen LogP contribution is -2.48. The Bertz CT molecular complexity index is 1110. The Balaban J connectivity index is 1.62. The monoisotopic (exact) mass is 453 g/mol. The topological polar surface area (TPSA) is 45.6 Å². The van der Waals surface area contributed by atoms with Gasteiger partial charge in [-0.05, 0) is 48.9 Å². The zero-order chi connectivity index (χ0) is 22.7. The van der Waals surface area contributed by atoms with E-state index in [1.807, 2.05) is 29.8 Å². The van der Waals surface area contributed by atoms with Crippen LogP contribution in [0.1, 0.15) is 41.0 Å². The number of fused-ring (bicyclic) bond motifs is 1. The Morgan fingerprint density at radius 3 is 2.53 bits per heavy atom. The minimum atomic E-state index is -0.540. The maximum Gasteiger partial charge on any atom is 0.254 e. The molecule has 1 aliphatic rings. The lowest BCUT2D eigenvalue weighted by Gasteiger charge is -2.38. The van der Waals surface area contributed by atoms with Crippen LogP contribution >= 0.6 is 11.6 Å². The number of benzene rings is 2. The number of rotatable bonds is 6. The molecule has 0 fully saturated rings. The van der Waals surface area contributed by atoms with E-state index in [1.165, 1.54) is 6.07 Å². The van der Waals surface area contributed by atoms with E-state index in [9.17, 15) is 14.0 Å². The third-order valence-electron chi connectivity index (χ3n) is 5.76. The highest BCUT2D eigenvalue weighted by atomic mass is 35.5. The quantitative estimate of drug-likeness (QED) is 0.540. The number of hydrogen-bond acceptors (Lipinski definition) is 2. The molecule has 0 saturated carbocycles. The minimum Gasteiger partial charge on any atom is -0.348 e. The van der Waals surface area contributed by atoms with Crippen molar-refractivity contribution in [3.8, 4) is 0 Å². The third kappa shape index (κ3) is 4.41. The van der Waals surface area contributed by atoms with Gasteiger partial charge < -0.3 is 14.4 Å². The molecule has 1 unspecified atom stereocenters. The van der Waals surface area contributed by atoms with Crippen LogP contribution in [0.4, 0.5) is 4.39 Å². The molecule has 3 aromatic rings. The van der Waals surface area contributed by atoms with Gasteiger partial charge in [0.25, 0.3) is 5.91 Å². The maximum atomic E-state index is 14.8. The van der Waals surface area contributed by atoms with Gasteiger partial charge in [-0.3, -0.25) is 9.59 Å². The molecule has 2 amide bonds. The van der Waals surface area contributed by atoms with Crippen molar-refractivity contribution in [2.24, 2.45) is 0 Å². The summed E-state index contributed by atoms with van der Waals surface area (Å²) in [7, 11) is 0. The van der Waals surface area contributed by atoms with Crippen molar-refractivity contribution in [2.75, 3.05) is 19.6 Å². The van der Waals surface area contributed by atoms with Crippen molar-refractivity contribution in [1.29, 1.82) is 0 Å². The number of carbonyl (C=O) groups is 2. The summed E-state index contributed by atoms with van der Waals surface area (Å²) >= 11 is 5.94. The van der Waals surface area contributed by atoms with E-state index < -0.39 is 6.04 Å². The lowest BCUT2D eigenvalue weighted by molar-refractivity contribution is -0.134. The molecule has 1 aromatic heterocycles. The van der Waals surface area contributed by atoms with E-state index in [4.69, 9.17) is 11.6 Å². The molecular weight excluding hydrogens is 429 g/mol. The summed E-state index contributed by atoms with van der Waals surface area (Å²) in [6.45, 7) is 3.40. The number of carbonyl (C=O) groups excluding carboxylic acids is 2. The van der Waals surface area contributed by atoms with Crippen LogP contribution in [0.15, 0.2) is 66.9 Å². The standard InChI is InChI=1S/C25H25ClFN3O2/c1-2-13-29(25(32)18-9-11-19(26)12-10-18)17-23(31)30-16-15-28-14-5-8-22(28)24(30)20-6-3-4-7-21(20)27/h3-12,14,24H,2,13,15-17H2,1H3. The van der Waals surface area contributed by atoms with Crippen LogP contribution in [0, 0.1) is 5.82 Å². The molecule has 166 valence electrons. The van der Waals surface area contributed by atoms with Gasteiger partial charge in [0.2, 0.25) is 5.91 Å². The van der Waals surface area contributed by atoms with E-state index in [0.29, 0.717) is 42.2 Å². The van der Waals surface area contributed by atoms with Gasteiger partial charge in [-0.1, -0.05) is 36.7 Å². The molecule has 5 nitrogen and oxygen atoms in total. The van der Waals surface area contributed by atoms with Crippen LogP contribution in [0.5, 0.6) is 0 Å². The van der Waals surface area contributed by atoms with Crippen molar-refractivity contribution in [3.63, 3.8) is 0 Å². The Morgan fingerprint density at radius 1 is 1.06 bits per heavy atom. The molecule has 4 rings (SSSR count). The normalized spacial score (nSPS) is 15.3. The first-order valence-corrected chi connectivity index (χ1v) is 11.1. The van der Waals surface area contributed by atoms with Crippen LogP contribution < -0.4 is 0 Å². The minimum absolute atomic E-state index is 0.0685. The van der Waals surface area contributed by atoms with E-state index in [0.717, 1.165) is 5.69 Å². The second-order valence-corrected chi connectivity index (χ2v) is 8.31. The summed E-state index contributed by atoms with van der Waals surface area (Å²) in [4.78, 5) is 29.8. The Morgan fingerprint density at radius 2 is 1.81 bits per heavy atom. The molecule has 0 aliphatic carbocycles. The van der Waals surface area contributed by atoms with Gasteiger partial charge in [-0.2, -0.15) is 0 Å². The number of nitrogens with zero attached hydrogens (tertiary/aromatic N) is 3. The summed E-state index contributed by atoms with van der Waals surface area (Å²) in [5.74, 6) is -0.784. The second-order valence-electron chi connectivity index (χ2n) is 7.87. The molecule has 0 radical (unpaired) electrons. The molecule has 2 heterocycles. The highest BCUT2D eigenvalue weighted by molar-refractivity contribution is 6.30. The highest BCUT2D eigenvalue weighted by Gasteiger charge is 2.34. The van der Waals surface area contributed by atoms with E-state index in [2.05, 4.69) is 0 Å². The predicted molar refractivity (Wildman–Crippen MR) is 122 cm³/mol. The van der Waals surface area contributed by atoms with Crippen LogP contribution in [0.2, 0.25) is 5.02 Å². The number of hydrogen-bond donors (Lipinski definition) is 0. The first-order chi connectivity index (χ1) is 15.5. The molecule has 0 N–H and O–H groups in total. The third-order valence-corrected chi connectivity index (χ3v) is 6.01. The van der Waals surface area contributed by atoms with Gasteiger partial charge in [0.15, 0.2) is 0 Å². The average Bonchev–Trinajstić information content (AvgIpc) is 3.27. The van der Waals surface area contributed by atoms with Crippen LogP contribution in [-0.2, 0) is 11.3 Å². The van der Waals surface area contributed by atoms with Crippen LogP contribution in [0.25, 0.3) is 0 Å². The highest BCUT2D eigenvalue weighted by Crippen LogP contribution is 2.34. The van der Waals surface area contributed by atoms with Gasteiger partial charge in [0, 0.05) is 47.7 Å². The molecule has 2 aromatic carbocycles. The molecule has 0 bridgehead atoms. The lowest BCUT2D eigenvalue weighted by atomic mass is 9.99. The Hall–Kier alpha value is -3.12. The SMILES string of the molecule is CCCN(CC(=O)N1CCn2cccc2C1c1ccccc1F)C(=O)c1ccc(Cl)cc1. The summed E-state index contributed by atoms with van der Waals surface area (Å²) in [5, 5.41) is 0.545. The Labute approximate surface area is 192 Å². The second kappa shape index (κ2) is 9.57. The van der Waals surface area contributed by atoms with Crippen LogP contribution in [0.3, 0.4) is 0 Å². The molecule has 32 heavy (non-hydrogen) atoms. The molecule has 7 heteroatoms. The largest absolute Gasteiger partial charge is 0.348 e. The number of amides is 2. The van der Waals surface area contributed by atoms with Crippen molar-refractivity contribution < 1.29 is 14.0 Å². The van der Waals surface area contributed by atoms with Gasteiger partial charge in [-0.15, -0.1) is 0 Å². The maximum absolute atomic E-state index is 14.8. The van der Waals surface area contributed by atoms with Crippen molar-refractivity contribution in [3.05, 3.63) is 94.5 Å². The first-order valence-electron chi connectivity index (χ1n) is 10.7. The zero-order valence-corrected chi connectivity index (χ0v) is 18.6. The molecule has 1 atom stereocenters. The van der Waals surface area contributed by atoms with Gasteiger partial charge in [0.1, 0.15) is 18.4 Å². The van der Waals surface area contributed by atoms with E-state index >= 15 is 0 Å². The van der Waals surface area contributed by atoms with Crippen molar-refractivity contribution in [2.45, 2.75) is 25.9 Å². The smallest absolute Gasteiger partial charge is 0.254 e. The fraction of sp³-hybridized carbons (Fsp3) is 0.280. The number of halogens is 2. The summed E-state index contributed by atoms with van der Waals surface area (Å²) in [5.41, 5.74) is 1.79. The van der Waals surface area contributed by atoms with Gasteiger partial charge >= 0.3 is 0 Å². The zero-order valence-electron chi connectivity index (χ0n) is 17.9. The molecule has 0 spiro atoms. The summed E-state index contributed by atoms with van der Waals surface area (Å²) in [6.07, 6.45) is 2.66. The van der Waals surface area contributed by atoms with Crippen molar-refractivity contribution in [1.82, 2.24) is 14.4 Å².